The summed E-state index contributed by atoms with van der Waals surface area (Å²) in [6.07, 6.45) is -0.0982. The number of carbonyl (C=O) groups is 1. The Morgan fingerprint density at radius 1 is 1.17 bits per heavy atom. The molecule has 24 heavy (non-hydrogen) atoms. The molecule has 1 heterocycles. The molecule has 126 valence electrons. The van der Waals surface area contributed by atoms with Gasteiger partial charge in [-0.25, -0.2) is 0 Å². The van der Waals surface area contributed by atoms with Crippen molar-refractivity contribution in [2.75, 3.05) is 13.1 Å². The van der Waals surface area contributed by atoms with Crippen molar-refractivity contribution in [3.05, 3.63) is 59.7 Å². The Bertz CT molecular complexity index is 730. The highest BCUT2D eigenvalue weighted by Gasteiger charge is 2.34. The molecule has 0 saturated carbocycles. The molecule has 0 aliphatic carbocycles. The summed E-state index contributed by atoms with van der Waals surface area (Å²) in [6, 6.07) is 13.7. The number of hydrogen-bond donors (Lipinski definition) is 0. The summed E-state index contributed by atoms with van der Waals surface area (Å²) in [7, 11) is 0. The lowest BCUT2D eigenvalue weighted by atomic mass is 10.1. The molecule has 0 bridgehead atoms. The van der Waals surface area contributed by atoms with Crippen molar-refractivity contribution in [2.24, 2.45) is 0 Å². The van der Waals surface area contributed by atoms with Gasteiger partial charge < -0.3 is 14.4 Å². The van der Waals surface area contributed by atoms with Crippen LogP contribution in [0, 0.1) is 6.92 Å². The maximum Gasteiger partial charge on any atom is 0.387 e. The van der Waals surface area contributed by atoms with Gasteiger partial charge >= 0.3 is 6.61 Å². The monoisotopic (exact) mass is 333 g/mol. The zero-order valence-corrected chi connectivity index (χ0v) is 13.1. The number of ether oxygens (including phenoxy) is 2. The number of para-hydroxylation sites is 1. The Morgan fingerprint density at radius 2 is 1.92 bits per heavy atom. The number of amides is 1. The van der Waals surface area contributed by atoms with Gasteiger partial charge in [-0.3, -0.25) is 4.79 Å². The molecule has 0 radical (unpaired) electrons. The predicted molar refractivity (Wildman–Crippen MR) is 84.6 cm³/mol. The van der Waals surface area contributed by atoms with Gasteiger partial charge in [-0.15, -0.1) is 0 Å². The molecule has 4 nitrogen and oxygen atoms in total. The van der Waals surface area contributed by atoms with E-state index in [2.05, 4.69) is 4.74 Å². The molecular weight excluding hydrogens is 316 g/mol. The van der Waals surface area contributed by atoms with E-state index in [0.29, 0.717) is 13.1 Å². The Morgan fingerprint density at radius 3 is 2.62 bits per heavy atom. The van der Waals surface area contributed by atoms with E-state index in [1.807, 2.05) is 31.2 Å². The van der Waals surface area contributed by atoms with Gasteiger partial charge in [0.05, 0.1) is 18.7 Å². The molecule has 0 unspecified atom stereocenters. The average molecular weight is 333 g/mol. The van der Waals surface area contributed by atoms with Crippen LogP contribution in [0.5, 0.6) is 11.5 Å². The lowest BCUT2D eigenvalue weighted by molar-refractivity contribution is -0.0505. The van der Waals surface area contributed by atoms with Crippen LogP contribution in [0.15, 0.2) is 48.5 Å². The number of nitrogens with zero attached hydrogens (tertiary/aromatic N) is 1. The fourth-order valence-electron chi connectivity index (χ4n) is 2.57. The van der Waals surface area contributed by atoms with Crippen LogP contribution in [0.2, 0.25) is 0 Å². The third-order valence-corrected chi connectivity index (χ3v) is 3.76. The molecule has 0 atom stereocenters. The normalized spacial score (nSPS) is 14.4. The number of likely N-dealkylation sites (tertiary alicyclic amines) is 1. The minimum atomic E-state index is -2.97. The van der Waals surface area contributed by atoms with Gasteiger partial charge in [0.1, 0.15) is 17.6 Å². The third kappa shape index (κ3) is 3.64. The Kier molecular flexibility index (Phi) is 4.64. The molecule has 6 heteroatoms. The van der Waals surface area contributed by atoms with E-state index in [1.54, 1.807) is 17.0 Å². The molecule has 1 fully saturated rings. The quantitative estimate of drug-likeness (QED) is 0.841. The number of alkyl halides is 2. The summed E-state index contributed by atoms with van der Waals surface area (Å²) in [5.74, 6) is 0.310. The van der Waals surface area contributed by atoms with Crippen LogP contribution in [0.1, 0.15) is 15.9 Å². The number of aryl methyl sites for hydroxylation is 1. The molecule has 0 N–H and O–H groups in total. The average Bonchev–Trinajstić information content (AvgIpc) is 2.50. The molecule has 0 spiro atoms. The number of rotatable bonds is 5. The van der Waals surface area contributed by atoms with E-state index in [-0.39, 0.29) is 23.3 Å². The highest BCUT2D eigenvalue weighted by Crippen LogP contribution is 2.25. The standard InChI is InChI=1S/C18H17F2NO3/c1-12-5-4-6-13(9-12)23-14-10-21(11-14)17(22)15-7-2-3-8-16(15)24-18(19)20/h2-9,14,18H,10-11H2,1H3. The SMILES string of the molecule is Cc1cccc(OC2CN(C(=O)c3ccccc3OC(F)F)C2)c1. The Hall–Kier alpha value is -2.63. The molecule has 1 saturated heterocycles. The highest BCUT2D eigenvalue weighted by atomic mass is 19.3. The van der Waals surface area contributed by atoms with Gasteiger partial charge in [0.25, 0.3) is 5.91 Å². The van der Waals surface area contributed by atoms with E-state index < -0.39 is 6.61 Å². The van der Waals surface area contributed by atoms with Gasteiger partial charge in [-0.05, 0) is 36.8 Å². The fourth-order valence-corrected chi connectivity index (χ4v) is 2.57. The van der Waals surface area contributed by atoms with Gasteiger partial charge in [0.15, 0.2) is 0 Å². The summed E-state index contributed by atoms with van der Waals surface area (Å²) < 4.78 is 35.1. The lowest BCUT2D eigenvalue weighted by Gasteiger charge is -2.39. The van der Waals surface area contributed by atoms with Gasteiger partial charge in [0, 0.05) is 0 Å². The van der Waals surface area contributed by atoms with Crippen LogP contribution in [0.3, 0.4) is 0 Å². The molecule has 3 rings (SSSR count). The van der Waals surface area contributed by atoms with Crippen LogP contribution >= 0.6 is 0 Å². The van der Waals surface area contributed by atoms with Crippen molar-refractivity contribution in [2.45, 2.75) is 19.6 Å². The van der Waals surface area contributed by atoms with Crippen molar-refractivity contribution >= 4 is 5.91 Å². The lowest BCUT2D eigenvalue weighted by Crippen LogP contribution is -2.56. The smallest absolute Gasteiger partial charge is 0.387 e. The van der Waals surface area contributed by atoms with Crippen LogP contribution in [-0.2, 0) is 0 Å². The molecule has 1 aliphatic rings. The van der Waals surface area contributed by atoms with Gasteiger partial charge in [-0.2, -0.15) is 8.78 Å². The van der Waals surface area contributed by atoms with Crippen LogP contribution in [0.4, 0.5) is 8.78 Å². The largest absolute Gasteiger partial charge is 0.487 e. The van der Waals surface area contributed by atoms with E-state index in [0.717, 1.165) is 11.3 Å². The minimum absolute atomic E-state index is 0.0982. The first-order valence-corrected chi connectivity index (χ1v) is 7.59. The molecule has 2 aromatic carbocycles. The van der Waals surface area contributed by atoms with Crippen molar-refractivity contribution in [1.82, 2.24) is 4.90 Å². The van der Waals surface area contributed by atoms with Gasteiger partial charge in [0.2, 0.25) is 0 Å². The summed E-state index contributed by atoms with van der Waals surface area (Å²) >= 11 is 0. The molecular formula is C18H17F2NO3. The highest BCUT2D eigenvalue weighted by molar-refractivity contribution is 5.97. The van der Waals surface area contributed by atoms with Crippen LogP contribution in [0.25, 0.3) is 0 Å². The maximum absolute atomic E-state index is 12.4. The van der Waals surface area contributed by atoms with E-state index in [9.17, 15) is 13.6 Å². The number of halogens is 2. The van der Waals surface area contributed by atoms with Crippen LogP contribution < -0.4 is 9.47 Å². The zero-order chi connectivity index (χ0) is 17.1. The molecule has 1 amide bonds. The summed E-state index contributed by atoms with van der Waals surface area (Å²) in [4.78, 5) is 14.0. The molecule has 0 aromatic heterocycles. The predicted octanol–water partition coefficient (Wildman–Crippen LogP) is 3.50. The molecule has 2 aromatic rings. The minimum Gasteiger partial charge on any atom is -0.487 e. The second-order valence-electron chi connectivity index (χ2n) is 5.64. The first-order chi connectivity index (χ1) is 11.5. The topological polar surface area (TPSA) is 38.8 Å². The number of benzene rings is 2. The van der Waals surface area contributed by atoms with E-state index >= 15 is 0 Å². The third-order valence-electron chi connectivity index (χ3n) is 3.76. The zero-order valence-electron chi connectivity index (χ0n) is 13.1. The van der Waals surface area contributed by atoms with Gasteiger partial charge in [-0.1, -0.05) is 24.3 Å². The van der Waals surface area contributed by atoms with E-state index in [1.165, 1.54) is 12.1 Å². The number of carbonyl (C=O) groups excluding carboxylic acids is 1. The first kappa shape index (κ1) is 16.2. The fraction of sp³-hybridized carbons (Fsp3) is 0.278. The van der Waals surface area contributed by atoms with Crippen molar-refractivity contribution in [1.29, 1.82) is 0 Å². The number of hydrogen-bond acceptors (Lipinski definition) is 3. The van der Waals surface area contributed by atoms with E-state index in [4.69, 9.17) is 4.74 Å². The van der Waals surface area contributed by atoms with Crippen molar-refractivity contribution in [3.63, 3.8) is 0 Å². The van der Waals surface area contributed by atoms with Crippen molar-refractivity contribution in [3.8, 4) is 11.5 Å². The van der Waals surface area contributed by atoms with Crippen LogP contribution in [-0.4, -0.2) is 36.6 Å². The summed E-state index contributed by atoms with van der Waals surface area (Å²) in [6.45, 7) is -0.164. The van der Waals surface area contributed by atoms with Crippen molar-refractivity contribution < 1.29 is 23.0 Å². The Balaban J connectivity index is 1.61. The maximum atomic E-state index is 12.4. The second-order valence-corrected chi connectivity index (χ2v) is 5.64. The molecule has 1 aliphatic heterocycles. The first-order valence-electron chi connectivity index (χ1n) is 7.59. The summed E-state index contributed by atoms with van der Waals surface area (Å²) in [5.41, 5.74) is 1.23. The second kappa shape index (κ2) is 6.86. The summed E-state index contributed by atoms with van der Waals surface area (Å²) in [5, 5.41) is 0. The Labute approximate surface area is 138 Å².